The molecule has 0 aliphatic heterocycles. The number of nitrogens with one attached hydrogen (secondary N) is 3. The Balaban J connectivity index is 1.53. The number of aryl methyl sites for hydroxylation is 1. The first-order valence-corrected chi connectivity index (χ1v) is 8.81. The Morgan fingerprint density at radius 3 is 2.19 bits per heavy atom. The first-order chi connectivity index (χ1) is 12.5. The molecule has 1 fully saturated rings. The summed E-state index contributed by atoms with van der Waals surface area (Å²) in [5.74, 6) is -0.00125. The lowest BCUT2D eigenvalue weighted by Crippen LogP contribution is -2.23. The number of hydrogen-bond acceptors (Lipinski definition) is 3. The van der Waals surface area contributed by atoms with Crippen LogP contribution in [0, 0.1) is 12.8 Å². The van der Waals surface area contributed by atoms with Crippen LogP contribution in [0.1, 0.15) is 24.8 Å². The Morgan fingerprint density at radius 2 is 1.58 bits per heavy atom. The number of carbonyl (C=O) groups excluding carboxylic acids is 2. The van der Waals surface area contributed by atoms with E-state index in [9.17, 15) is 9.59 Å². The zero-order chi connectivity index (χ0) is 18.5. The minimum absolute atomic E-state index is 0.0101. The smallest absolute Gasteiger partial charge is 0.323 e. The number of amides is 3. The van der Waals surface area contributed by atoms with Crippen molar-refractivity contribution in [1.29, 1.82) is 0 Å². The number of urea groups is 1. The van der Waals surface area contributed by atoms with Gasteiger partial charge in [-0.2, -0.15) is 0 Å². The first kappa shape index (κ1) is 17.9. The van der Waals surface area contributed by atoms with Gasteiger partial charge in [-0.05, 0) is 62.1 Å². The summed E-state index contributed by atoms with van der Waals surface area (Å²) in [6, 6.07) is 14.5. The molecule has 5 N–H and O–H groups in total. The molecule has 0 radical (unpaired) electrons. The van der Waals surface area contributed by atoms with Crippen molar-refractivity contribution in [2.75, 3.05) is 16.0 Å². The van der Waals surface area contributed by atoms with E-state index in [1.54, 1.807) is 24.3 Å². The van der Waals surface area contributed by atoms with E-state index in [0.29, 0.717) is 11.4 Å². The fraction of sp³-hybridized carbons (Fsp3) is 0.300. The molecule has 1 aliphatic rings. The van der Waals surface area contributed by atoms with E-state index in [-0.39, 0.29) is 23.9 Å². The number of rotatable bonds is 4. The molecule has 2 atom stereocenters. The lowest BCUT2D eigenvalue weighted by molar-refractivity contribution is -0.119. The van der Waals surface area contributed by atoms with Gasteiger partial charge in [-0.1, -0.05) is 18.2 Å². The monoisotopic (exact) mass is 352 g/mol. The summed E-state index contributed by atoms with van der Waals surface area (Å²) in [7, 11) is 0. The summed E-state index contributed by atoms with van der Waals surface area (Å²) < 4.78 is 0. The van der Waals surface area contributed by atoms with Gasteiger partial charge in [-0.3, -0.25) is 4.79 Å². The number of benzene rings is 2. The van der Waals surface area contributed by atoms with Gasteiger partial charge in [0, 0.05) is 29.0 Å². The number of nitrogens with two attached hydrogens (primary N) is 1. The SMILES string of the molecule is Cc1ccccc1NC(=O)Nc1ccc(NC(=O)[C@@H]2CC[C@H](N)C2)cc1. The van der Waals surface area contributed by atoms with E-state index in [1.807, 2.05) is 31.2 Å². The molecule has 0 aromatic heterocycles. The largest absolute Gasteiger partial charge is 0.328 e. The topological polar surface area (TPSA) is 96.2 Å². The van der Waals surface area contributed by atoms with Crippen molar-refractivity contribution >= 4 is 29.0 Å². The molecule has 6 nitrogen and oxygen atoms in total. The molecule has 3 amide bonds. The second-order valence-corrected chi connectivity index (χ2v) is 6.73. The van der Waals surface area contributed by atoms with E-state index >= 15 is 0 Å². The average molecular weight is 352 g/mol. The van der Waals surface area contributed by atoms with Gasteiger partial charge in [-0.15, -0.1) is 0 Å². The minimum Gasteiger partial charge on any atom is -0.328 e. The van der Waals surface area contributed by atoms with Crippen molar-refractivity contribution in [3.8, 4) is 0 Å². The zero-order valence-corrected chi connectivity index (χ0v) is 14.8. The Morgan fingerprint density at radius 1 is 0.923 bits per heavy atom. The van der Waals surface area contributed by atoms with Gasteiger partial charge >= 0.3 is 6.03 Å². The Labute approximate surface area is 153 Å². The molecule has 26 heavy (non-hydrogen) atoms. The van der Waals surface area contributed by atoms with Crippen molar-refractivity contribution in [3.05, 3.63) is 54.1 Å². The van der Waals surface area contributed by atoms with Gasteiger partial charge in [0.2, 0.25) is 5.91 Å². The van der Waals surface area contributed by atoms with Crippen LogP contribution in [0.25, 0.3) is 0 Å². The first-order valence-electron chi connectivity index (χ1n) is 8.81. The van der Waals surface area contributed by atoms with Gasteiger partial charge in [0.15, 0.2) is 0 Å². The lowest BCUT2D eigenvalue weighted by Gasteiger charge is -2.12. The summed E-state index contributed by atoms with van der Waals surface area (Å²) >= 11 is 0. The quantitative estimate of drug-likeness (QED) is 0.675. The van der Waals surface area contributed by atoms with E-state index in [2.05, 4.69) is 16.0 Å². The summed E-state index contributed by atoms with van der Waals surface area (Å²) in [5.41, 5.74) is 8.98. The van der Waals surface area contributed by atoms with E-state index in [1.165, 1.54) is 0 Å². The summed E-state index contributed by atoms with van der Waals surface area (Å²) in [6.07, 6.45) is 2.48. The van der Waals surface area contributed by atoms with Crippen LogP contribution in [0.3, 0.4) is 0 Å². The fourth-order valence-electron chi connectivity index (χ4n) is 3.13. The van der Waals surface area contributed by atoms with Gasteiger partial charge in [-0.25, -0.2) is 4.79 Å². The molecule has 0 saturated heterocycles. The number of carbonyl (C=O) groups is 2. The normalized spacial score (nSPS) is 19.0. The van der Waals surface area contributed by atoms with Gasteiger partial charge in [0.05, 0.1) is 0 Å². The van der Waals surface area contributed by atoms with Crippen molar-refractivity contribution in [3.63, 3.8) is 0 Å². The predicted octanol–water partition coefficient (Wildman–Crippen LogP) is 3.70. The van der Waals surface area contributed by atoms with Crippen molar-refractivity contribution in [2.24, 2.45) is 11.7 Å². The lowest BCUT2D eigenvalue weighted by atomic mass is 10.1. The van der Waals surface area contributed by atoms with Crippen LogP contribution in [0.5, 0.6) is 0 Å². The zero-order valence-electron chi connectivity index (χ0n) is 14.8. The van der Waals surface area contributed by atoms with E-state index < -0.39 is 0 Å². The Bertz CT molecular complexity index is 789. The molecule has 136 valence electrons. The standard InChI is InChI=1S/C20H24N4O2/c1-13-4-2-3-5-18(13)24-20(26)23-17-10-8-16(9-11-17)22-19(25)14-6-7-15(21)12-14/h2-5,8-11,14-15H,6-7,12,21H2,1H3,(H,22,25)(H2,23,24,26)/t14-,15+/m1/s1. The van der Waals surface area contributed by atoms with Crippen LogP contribution >= 0.6 is 0 Å². The third-order valence-electron chi connectivity index (χ3n) is 4.65. The molecule has 0 unspecified atom stereocenters. The van der Waals surface area contributed by atoms with Crippen LogP contribution in [-0.4, -0.2) is 18.0 Å². The maximum absolute atomic E-state index is 12.2. The van der Waals surface area contributed by atoms with Gasteiger partial charge in [0.1, 0.15) is 0 Å². The highest BCUT2D eigenvalue weighted by molar-refractivity contribution is 6.00. The van der Waals surface area contributed by atoms with Gasteiger partial charge < -0.3 is 21.7 Å². The Kier molecular flexibility index (Phi) is 5.53. The Hall–Kier alpha value is -2.86. The van der Waals surface area contributed by atoms with Crippen LogP contribution in [0.15, 0.2) is 48.5 Å². The second-order valence-electron chi connectivity index (χ2n) is 6.73. The maximum atomic E-state index is 12.2. The number of hydrogen-bond donors (Lipinski definition) is 4. The summed E-state index contributed by atoms with van der Waals surface area (Å²) in [6.45, 7) is 1.93. The molecular formula is C20H24N4O2. The molecule has 0 spiro atoms. The molecular weight excluding hydrogens is 328 g/mol. The van der Waals surface area contributed by atoms with E-state index in [0.717, 1.165) is 30.5 Å². The fourth-order valence-corrected chi connectivity index (χ4v) is 3.13. The summed E-state index contributed by atoms with van der Waals surface area (Å²) in [4.78, 5) is 24.3. The van der Waals surface area contributed by atoms with Crippen LogP contribution in [-0.2, 0) is 4.79 Å². The van der Waals surface area contributed by atoms with Gasteiger partial charge in [0.25, 0.3) is 0 Å². The maximum Gasteiger partial charge on any atom is 0.323 e. The molecule has 0 heterocycles. The highest BCUT2D eigenvalue weighted by atomic mass is 16.2. The molecule has 6 heteroatoms. The number of anilines is 3. The molecule has 2 aromatic rings. The molecule has 2 aromatic carbocycles. The molecule has 1 aliphatic carbocycles. The second kappa shape index (κ2) is 8.01. The van der Waals surface area contributed by atoms with Crippen LogP contribution in [0.4, 0.5) is 21.9 Å². The number of para-hydroxylation sites is 1. The predicted molar refractivity (Wildman–Crippen MR) is 104 cm³/mol. The van der Waals surface area contributed by atoms with Crippen molar-refractivity contribution in [2.45, 2.75) is 32.2 Å². The molecule has 3 rings (SSSR count). The minimum atomic E-state index is -0.309. The van der Waals surface area contributed by atoms with Crippen molar-refractivity contribution in [1.82, 2.24) is 0 Å². The summed E-state index contributed by atoms with van der Waals surface area (Å²) in [5, 5.41) is 8.50. The van der Waals surface area contributed by atoms with Crippen LogP contribution in [0.2, 0.25) is 0 Å². The van der Waals surface area contributed by atoms with Crippen LogP contribution < -0.4 is 21.7 Å². The average Bonchev–Trinajstić information content (AvgIpc) is 3.05. The molecule has 1 saturated carbocycles. The third kappa shape index (κ3) is 4.61. The highest BCUT2D eigenvalue weighted by Gasteiger charge is 2.27. The highest BCUT2D eigenvalue weighted by Crippen LogP contribution is 2.25. The van der Waals surface area contributed by atoms with E-state index in [4.69, 9.17) is 5.73 Å². The van der Waals surface area contributed by atoms with Crippen molar-refractivity contribution < 1.29 is 9.59 Å². The third-order valence-corrected chi connectivity index (χ3v) is 4.65. The molecule has 0 bridgehead atoms.